The lowest BCUT2D eigenvalue weighted by atomic mass is 9.98. The highest BCUT2D eigenvalue weighted by atomic mass is 79.9. The molecule has 0 bridgehead atoms. The minimum atomic E-state index is -0.802. The summed E-state index contributed by atoms with van der Waals surface area (Å²) in [4.78, 5) is 22.1. The standard InChI is InChI=1S/C9H17BrN2O2/c1-3-5-6-9(10,4-2)7(13)12-8(11)14/h3-6H2,1-2H3,(H3,11,12,13,14). The first kappa shape index (κ1) is 13.4. The Bertz CT molecular complexity index is 221. The van der Waals surface area contributed by atoms with E-state index in [4.69, 9.17) is 5.73 Å². The number of hydrogen-bond donors (Lipinski definition) is 2. The largest absolute Gasteiger partial charge is 0.351 e. The van der Waals surface area contributed by atoms with Gasteiger partial charge in [-0.25, -0.2) is 4.79 Å². The maximum Gasteiger partial charge on any atom is 0.318 e. The van der Waals surface area contributed by atoms with Crippen LogP contribution in [-0.4, -0.2) is 16.3 Å². The van der Waals surface area contributed by atoms with Crippen molar-refractivity contribution in [2.24, 2.45) is 5.73 Å². The van der Waals surface area contributed by atoms with Gasteiger partial charge in [-0.05, 0) is 12.8 Å². The molecule has 1 atom stereocenters. The molecule has 0 aromatic rings. The third kappa shape index (κ3) is 4.09. The molecule has 1 unspecified atom stereocenters. The number of urea groups is 1. The van der Waals surface area contributed by atoms with Crippen LogP contribution in [-0.2, 0) is 4.79 Å². The van der Waals surface area contributed by atoms with Gasteiger partial charge in [0, 0.05) is 0 Å². The summed E-state index contributed by atoms with van der Waals surface area (Å²) in [6, 6.07) is -0.802. The Morgan fingerprint density at radius 2 is 2.00 bits per heavy atom. The Labute approximate surface area is 92.7 Å². The summed E-state index contributed by atoms with van der Waals surface area (Å²) in [5, 5.41) is 2.10. The molecule has 82 valence electrons. The second kappa shape index (κ2) is 6.01. The van der Waals surface area contributed by atoms with E-state index in [9.17, 15) is 9.59 Å². The number of hydrogen-bond acceptors (Lipinski definition) is 2. The van der Waals surface area contributed by atoms with Crippen LogP contribution in [0.3, 0.4) is 0 Å². The lowest BCUT2D eigenvalue weighted by Gasteiger charge is -2.23. The van der Waals surface area contributed by atoms with Gasteiger partial charge in [-0.15, -0.1) is 0 Å². The summed E-state index contributed by atoms with van der Waals surface area (Å²) in [6.45, 7) is 3.94. The average Bonchev–Trinajstić information content (AvgIpc) is 2.13. The number of rotatable bonds is 5. The fraction of sp³-hybridized carbons (Fsp3) is 0.778. The quantitative estimate of drug-likeness (QED) is 0.745. The molecule has 3 amide bonds. The Balaban J connectivity index is 4.34. The van der Waals surface area contributed by atoms with E-state index in [1.165, 1.54) is 0 Å². The Kier molecular flexibility index (Phi) is 5.76. The zero-order valence-electron chi connectivity index (χ0n) is 8.60. The van der Waals surface area contributed by atoms with Crippen molar-refractivity contribution in [2.45, 2.75) is 43.9 Å². The average molecular weight is 265 g/mol. The number of nitrogens with one attached hydrogen (secondary N) is 1. The van der Waals surface area contributed by atoms with Crippen molar-refractivity contribution in [1.82, 2.24) is 5.32 Å². The Hall–Kier alpha value is -0.580. The summed E-state index contributed by atoms with van der Waals surface area (Å²) >= 11 is 3.36. The molecule has 3 N–H and O–H groups in total. The van der Waals surface area contributed by atoms with Gasteiger partial charge in [-0.3, -0.25) is 10.1 Å². The van der Waals surface area contributed by atoms with E-state index in [1.807, 2.05) is 6.92 Å². The second-order valence-corrected chi connectivity index (χ2v) is 4.76. The smallest absolute Gasteiger partial charge is 0.318 e. The molecule has 0 spiro atoms. The number of alkyl halides is 1. The number of imide groups is 1. The van der Waals surface area contributed by atoms with Crippen molar-refractivity contribution in [3.63, 3.8) is 0 Å². The maximum absolute atomic E-state index is 11.6. The minimum absolute atomic E-state index is 0.346. The van der Waals surface area contributed by atoms with Crippen LogP contribution in [0, 0.1) is 0 Å². The zero-order valence-corrected chi connectivity index (χ0v) is 10.2. The SMILES string of the molecule is CCCCC(Br)(CC)C(=O)NC(N)=O. The van der Waals surface area contributed by atoms with Crippen LogP contribution in [0.5, 0.6) is 0 Å². The highest BCUT2D eigenvalue weighted by Crippen LogP contribution is 2.28. The van der Waals surface area contributed by atoms with Crippen LogP contribution < -0.4 is 11.1 Å². The molecule has 0 saturated carbocycles. The molecule has 0 aromatic heterocycles. The molecule has 0 saturated heterocycles. The number of halogens is 1. The second-order valence-electron chi connectivity index (χ2n) is 3.24. The van der Waals surface area contributed by atoms with Crippen molar-refractivity contribution >= 4 is 27.9 Å². The van der Waals surface area contributed by atoms with Gasteiger partial charge in [-0.1, -0.05) is 42.6 Å². The molecule has 0 heterocycles. The van der Waals surface area contributed by atoms with Gasteiger partial charge in [-0.2, -0.15) is 0 Å². The molecule has 5 heteroatoms. The number of nitrogens with two attached hydrogens (primary N) is 1. The van der Waals surface area contributed by atoms with Gasteiger partial charge in [0.2, 0.25) is 5.91 Å². The van der Waals surface area contributed by atoms with E-state index < -0.39 is 10.4 Å². The number of carbonyl (C=O) groups excluding carboxylic acids is 2. The molecule has 0 fully saturated rings. The van der Waals surface area contributed by atoms with Crippen LogP contribution in [0.2, 0.25) is 0 Å². The first-order chi connectivity index (χ1) is 6.46. The van der Waals surface area contributed by atoms with Crippen molar-refractivity contribution in [1.29, 1.82) is 0 Å². The zero-order chi connectivity index (χ0) is 11.2. The number of primary amides is 1. The van der Waals surface area contributed by atoms with Crippen LogP contribution in [0.4, 0.5) is 4.79 Å². The van der Waals surface area contributed by atoms with Crippen LogP contribution in [0.1, 0.15) is 39.5 Å². The summed E-state index contributed by atoms with van der Waals surface area (Å²) in [5.41, 5.74) is 4.88. The third-order valence-corrected chi connectivity index (χ3v) is 3.45. The van der Waals surface area contributed by atoms with Crippen molar-refractivity contribution in [3.05, 3.63) is 0 Å². The van der Waals surface area contributed by atoms with Crippen LogP contribution >= 0.6 is 15.9 Å². The van der Waals surface area contributed by atoms with E-state index in [-0.39, 0.29) is 5.91 Å². The molecule has 14 heavy (non-hydrogen) atoms. The fourth-order valence-corrected chi connectivity index (χ4v) is 1.51. The van der Waals surface area contributed by atoms with Gasteiger partial charge in [0.1, 0.15) is 4.32 Å². The number of unbranched alkanes of at least 4 members (excludes halogenated alkanes) is 1. The normalized spacial score (nSPS) is 14.5. The molecule has 0 aromatic carbocycles. The first-order valence-electron chi connectivity index (χ1n) is 4.76. The van der Waals surface area contributed by atoms with E-state index in [0.717, 1.165) is 12.8 Å². The van der Waals surface area contributed by atoms with Crippen LogP contribution in [0.25, 0.3) is 0 Å². The lowest BCUT2D eigenvalue weighted by molar-refractivity contribution is -0.122. The summed E-state index contributed by atoms with van der Waals surface area (Å²) < 4.78 is -0.655. The summed E-state index contributed by atoms with van der Waals surface area (Å²) in [5.74, 6) is -0.346. The lowest BCUT2D eigenvalue weighted by Crippen LogP contribution is -2.46. The first-order valence-corrected chi connectivity index (χ1v) is 5.55. The topological polar surface area (TPSA) is 72.2 Å². The predicted molar refractivity (Wildman–Crippen MR) is 59.2 cm³/mol. The molecule has 0 aliphatic carbocycles. The predicted octanol–water partition coefficient (Wildman–Crippen LogP) is 1.92. The monoisotopic (exact) mass is 264 g/mol. The third-order valence-electron chi connectivity index (χ3n) is 2.13. The highest BCUT2D eigenvalue weighted by molar-refractivity contribution is 9.10. The molecule has 0 radical (unpaired) electrons. The van der Waals surface area contributed by atoms with E-state index in [0.29, 0.717) is 12.8 Å². The van der Waals surface area contributed by atoms with Gasteiger partial charge < -0.3 is 5.73 Å². The van der Waals surface area contributed by atoms with E-state index >= 15 is 0 Å². The van der Waals surface area contributed by atoms with Crippen LogP contribution in [0.15, 0.2) is 0 Å². The van der Waals surface area contributed by atoms with Gasteiger partial charge in [0.05, 0.1) is 0 Å². The van der Waals surface area contributed by atoms with E-state index in [1.54, 1.807) is 0 Å². The fourth-order valence-electron chi connectivity index (χ4n) is 1.13. The molecule has 0 aliphatic heterocycles. The molecular weight excluding hydrogens is 248 g/mol. The van der Waals surface area contributed by atoms with Gasteiger partial charge in [0.15, 0.2) is 0 Å². The van der Waals surface area contributed by atoms with Crippen molar-refractivity contribution in [2.75, 3.05) is 0 Å². The number of amides is 3. The Morgan fingerprint density at radius 3 is 2.36 bits per heavy atom. The molecule has 4 nitrogen and oxygen atoms in total. The molecule has 0 aliphatic rings. The summed E-state index contributed by atoms with van der Waals surface area (Å²) in [6.07, 6.45) is 3.29. The van der Waals surface area contributed by atoms with Crippen molar-refractivity contribution < 1.29 is 9.59 Å². The maximum atomic E-state index is 11.6. The minimum Gasteiger partial charge on any atom is -0.351 e. The molecular formula is C9H17BrN2O2. The highest BCUT2D eigenvalue weighted by Gasteiger charge is 2.33. The van der Waals surface area contributed by atoms with Gasteiger partial charge >= 0.3 is 6.03 Å². The number of carbonyl (C=O) groups is 2. The van der Waals surface area contributed by atoms with Gasteiger partial charge in [0.25, 0.3) is 0 Å². The summed E-state index contributed by atoms with van der Waals surface area (Å²) in [7, 11) is 0. The van der Waals surface area contributed by atoms with Crippen molar-refractivity contribution in [3.8, 4) is 0 Å². The Morgan fingerprint density at radius 1 is 1.43 bits per heavy atom. The molecule has 0 rings (SSSR count). The van der Waals surface area contributed by atoms with E-state index in [2.05, 4.69) is 28.2 Å².